The molecular formula is C10H16N4S. The van der Waals surface area contributed by atoms with Gasteiger partial charge in [0.15, 0.2) is 0 Å². The van der Waals surface area contributed by atoms with Gasteiger partial charge in [0.25, 0.3) is 0 Å². The van der Waals surface area contributed by atoms with Gasteiger partial charge in [0.05, 0.1) is 0 Å². The van der Waals surface area contributed by atoms with Gasteiger partial charge in [-0.05, 0) is 25.0 Å². The Kier molecular flexibility index (Phi) is 3.33. The minimum Gasteiger partial charge on any atom is -0.308 e. The van der Waals surface area contributed by atoms with Crippen molar-refractivity contribution in [1.82, 2.24) is 4.98 Å². The first-order valence-corrected chi connectivity index (χ1v) is 6.47. The molecule has 1 fully saturated rings. The van der Waals surface area contributed by atoms with Gasteiger partial charge in [0.1, 0.15) is 5.82 Å². The van der Waals surface area contributed by atoms with Crippen LogP contribution in [-0.2, 0) is 10.7 Å². The van der Waals surface area contributed by atoms with E-state index in [2.05, 4.69) is 10.4 Å². The molecule has 1 heterocycles. The Bertz CT molecular complexity index is 343. The zero-order valence-corrected chi connectivity index (χ0v) is 9.39. The van der Waals surface area contributed by atoms with Gasteiger partial charge in [0, 0.05) is 16.3 Å². The number of nitrogens with zero attached hydrogens (tertiary/aromatic N) is 1. The average Bonchev–Trinajstić information content (AvgIpc) is 2.82. The van der Waals surface area contributed by atoms with Crippen LogP contribution in [0.25, 0.3) is 0 Å². The Morgan fingerprint density at radius 1 is 1.40 bits per heavy atom. The molecule has 15 heavy (non-hydrogen) atoms. The maximum atomic E-state index is 8.17. The maximum Gasteiger partial charge on any atom is 0.139 e. The molecule has 0 radical (unpaired) electrons. The lowest BCUT2D eigenvalue weighted by molar-refractivity contribution is 0.886. The lowest BCUT2D eigenvalue weighted by Gasteiger charge is -2.12. The van der Waals surface area contributed by atoms with Crippen LogP contribution in [0, 0.1) is 4.78 Å². The second kappa shape index (κ2) is 4.72. The third-order valence-electron chi connectivity index (χ3n) is 2.77. The van der Waals surface area contributed by atoms with Crippen molar-refractivity contribution >= 4 is 16.5 Å². The van der Waals surface area contributed by atoms with Crippen LogP contribution in [0.3, 0.4) is 0 Å². The van der Waals surface area contributed by atoms with Crippen molar-refractivity contribution in [1.29, 1.82) is 4.78 Å². The van der Waals surface area contributed by atoms with Crippen LogP contribution in [0.5, 0.6) is 0 Å². The standard InChI is InChI=1S/C10H16N4S/c11-14-10-6-5-9(7-13-10)15(12)8-3-1-2-4-8/h5-8,12H,1-4,11H2,(H,13,14). The molecule has 4 nitrogen and oxygen atoms in total. The fraction of sp³-hybridized carbons (Fsp3) is 0.500. The van der Waals surface area contributed by atoms with Crippen LogP contribution >= 0.6 is 0 Å². The number of nitrogen functional groups attached to an aromatic ring is 1. The van der Waals surface area contributed by atoms with Crippen molar-refractivity contribution < 1.29 is 0 Å². The Balaban J connectivity index is 2.11. The van der Waals surface area contributed by atoms with Crippen molar-refractivity contribution in [3.05, 3.63) is 18.3 Å². The van der Waals surface area contributed by atoms with Gasteiger partial charge in [-0.15, -0.1) is 0 Å². The van der Waals surface area contributed by atoms with E-state index in [-0.39, 0.29) is 0 Å². The van der Waals surface area contributed by atoms with Crippen molar-refractivity contribution in [2.24, 2.45) is 5.84 Å². The van der Waals surface area contributed by atoms with E-state index in [1.54, 1.807) is 6.20 Å². The Morgan fingerprint density at radius 2 is 2.13 bits per heavy atom. The third kappa shape index (κ3) is 2.35. The summed E-state index contributed by atoms with van der Waals surface area (Å²) in [5, 5.41) is 0.545. The fourth-order valence-electron chi connectivity index (χ4n) is 1.91. The van der Waals surface area contributed by atoms with Gasteiger partial charge in [-0.1, -0.05) is 23.5 Å². The second-order valence-corrected chi connectivity index (χ2v) is 5.58. The predicted octanol–water partition coefficient (Wildman–Crippen LogP) is 2.05. The highest BCUT2D eigenvalue weighted by Gasteiger charge is 2.19. The van der Waals surface area contributed by atoms with E-state index < -0.39 is 10.7 Å². The number of rotatable bonds is 3. The van der Waals surface area contributed by atoms with E-state index in [1.165, 1.54) is 25.7 Å². The molecule has 1 unspecified atom stereocenters. The van der Waals surface area contributed by atoms with Crippen LogP contribution < -0.4 is 11.3 Å². The molecule has 1 aromatic rings. The topological polar surface area (TPSA) is 74.8 Å². The molecule has 82 valence electrons. The highest BCUT2D eigenvalue weighted by Crippen LogP contribution is 2.27. The molecule has 0 bridgehead atoms. The van der Waals surface area contributed by atoms with Crippen molar-refractivity contribution in [2.45, 2.75) is 35.8 Å². The van der Waals surface area contributed by atoms with Crippen LogP contribution in [-0.4, -0.2) is 10.2 Å². The first kappa shape index (κ1) is 10.6. The van der Waals surface area contributed by atoms with Gasteiger partial charge in [-0.2, -0.15) is 0 Å². The van der Waals surface area contributed by atoms with Crippen LogP contribution in [0.4, 0.5) is 5.82 Å². The lowest BCUT2D eigenvalue weighted by Crippen LogP contribution is -2.11. The first-order valence-electron chi connectivity index (χ1n) is 5.18. The number of hydrazine groups is 1. The number of hydrogen-bond donors (Lipinski definition) is 3. The Hall–Kier alpha value is -0.940. The summed E-state index contributed by atoms with van der Waals surface area (Å²) in [6.45, 7) is 0. The Morgan fingerprint density at radius 3 is 2.67 bits per heavy atom. The first-order chi connectivity index (χ1) is 7.31. The second-order valence-electron chi connectivity index (χ2n) is 3.77. The number of anilines is 1. The quantitative estimate of drug-likeness (QED) is 0.543. The largest absolute Gasteiger partial charge is 0.308 e. The number of nitrogens with one attached hydrogen (secondary N) is 2. The van der Waals surface area contributed by atoms with Crippen LogP contribution in [0.2, 0.25) is 0 Å². The van der Waals surface area contributed by atoms with E-state index in [9.17, 15) is 0 Å². The van der Waals surface area contributed by atoms with E-state index >= 15 is 0 Å². The zero-order valence-electron chi connectivity index (χ0n) is 8.57. The molecule has 1 atom stereocenters. The molecule has 1 saturated carbocycles. The molecule has 0 spiro atoms. The molecule has 4 N–H and O–H groups in total. The lowest BCUT2D eigenvalue weighted by atomic mass is 10.4. The highest BCUT2D eigenvalue weighted by molar-refractivity contribution is 7.86. The summed E-state index contributed by atoms with van der Waals surface area (Å²) in [6.07, 6.45) is 6.72. The molecule has 0 aliphatic heterocycles. The smallest absolute Gasteiger partial charge is 0.139 e. The molecule has 1 aromatic heterocycles. The summed E-state index contributed by atoms with van der Waals surface area (Å²) in [6, 6.07) is 3.79. The van der Waals surface area contributed by atoms with E-state index in [0.717, 1.165) is 4.90 Å². The fourth-order valence-corrected chi connectivity index (χ4v) is 3.48. The monoisotopic (exact) mass is 224 g/mol. The summed E-state index contributed by atoms with van der Waals surface area (Å²) in [5.41, 5.74) is 2.49. The molecule has 1 aliphatic carbocycles. The van der Waals surface area contributed by atoms with Gasteiger partial charge < -0.3 is 5.43 Å². The molecule has 5 heteroatoms. The van der Waals surface area contributed by atoms with Gasteiger partial charge in [-0.25, -0.2) is 10.8 Å². The summed E-state index contributed by atoms with van der Waals surface area (Å²) < 4.78 is 8.17. The average molecular weight is 224 g/mol. The minimum atomic E-state index is -0.400. The summed E-state index contributed by atoms with van der Waals surface area (Å²) in [5.74, 6) is 5.90. The van der Waals surface area contributed by atoms with E-state index in [0.29, 0.717) is 11.1 Å². The van der Waals surface area contributed by atoms with Crippen LogP contribution in [0.15, 0.2) is 23.2 Å². The Labute approximate surface area is 92.1 Å². The summed E-state index contributed by atoms with van der Waals surface area (Å²) in [7, 11) is -0.400. The van der Waals surface area contributed by atoms with E-state index in [4.69, 9.17) is 10.6 Å². The minimum absolute atomic E-state index is 0.400. The molecule has 2 rings (SSSR count). The van der Waals surface area contributed by atoms with Crippen molar-refractivity contribution in [2.75, 3.05) is 5.43 Å². The molecule has 0 saturated heterocycles. The summed E-state index contributed by atoms with van der Waals surface area (Å²) >= 11 is 0. The van der Waals surface area contributed by atoms with Crippen molar-refractivity contribution in [3.63, 3.8) is 0 Å². The highest BCUT2D eigenvalue weighted by atomic mass is 32.2. The van der Waals surface area contributed by atoms with Gasteiger partial charge in [-0.3, -0.25) is 4.78 Å². The van der Waals surface area contributed by atoms with Gasteiger partial charge in [0.2, 0.25) is 0 Å². The maximum absolute atomic E-state index is 8.17. The number of hydrogen-bond acceptors (Lipinski definition) is 4. The SMILES string of the molecule is N=S(c1ccc(NN)nc1)C1CCCC1. The number of nitrogens with two attached hydrogens (primary N) is 1. The molecule has 1 aliphatic rings. The summed E-state index contributed by atoms with van der Waals surface area (Å²) in [4.78, 5) is 5.17. The van der Waals surface area contributed by atoms with Gasteiger partial charge >= 0.3 is 0 Å². The van der Waals surface area contributed by atoms with Crippen molar-refractivity contribution in [3.8, 4) is 0 Å². The van der Waals surface area contributed by atoms with Crippen LogP contribution in [0.1, 0.15) is 25.7 Å². The molecular weight excluding hydrogens is 208 g/mol. The number of aromatic nitrogens is 1. The normalized spacial score (nSPS) is 19.0. The van der Waals surface area contributed by atoms with E-state index in [1.807, 2.05) is 12.1 Å². The zero-order chi connectivity index (χ0) is 10.7. The third-order valence-corrected chi connectivity index (χ3v) is 4.66. The predicted molar refractivity (Wildman–Crippen MR) is 62.7 cm³/mol. The molecule has 0 aromatic carbocycles. The number of pyridine rings is 1. The molecule has 0 amide bonds.